The second kappa shape index (κ2) is 3.01. The van der Waals surface area contributed by atoms with Gasteiger partial charge in [0, 0.05) is 11.9 Å². The summed E-state index contributed by atoms with van der Waals surface area (Å²) in [7, 11) is 0. The van der Waals surface area contributed by atoms with E-state index in [0.717, 1.165) is 16.8 Å². The largest absolute Gasteiger partial charge is 0.389 e. The molecule has 0 amide bonds. The van der Waals surface area contributed by atoms with Crippen LogP contribution in [0.15, 0.2) is 12.3 Å². The Labute approximate surface area is 66.9 Å². The monoisotopic (exact) mass is 151 g/mol. The van der Waals surface area contributed by atoms with Gasteiger partial charge in [0.1, 0.15) is 0 Å². The van der Waals surface area contributed by atoms with Gasteiger partial charge in [0.15, 0.2) is 0 Å². The van der Waals surface area contributed by atoms with E-state index in [4.69, 9.17) is 0 Å². The standard InChI is InChI=1S/C9H13NO/c1-6-4-9(8(3)11)5-10-7(6)2/h4-5,8,11H,1-3H3. The molecule has 1 aromatic heterocycles. The first kappa shape index (κ1) is 8.21. The average molecular weight is 151 g/mol. The molecule has 1 atom stereocenters. The van der Waals surface area contributed by atoms with Gasteiger partial charge < -0.3 is 5.11 Å². The molecule has 0 aromatic carbocycles. The molecule has 2 heteroatoms. The number of hydrogen-bond donors (Lipinski definition) is 1. The maximum Gasteiger partial charge on any atom is 0.0776 e. The molecular weight excluding hydrogens is 138 g/mol. The average Bonchev–Trinajstić information content (AvgIpc) is 1.94. The summed E-state index contributed by atoms with van der Waals surface area (Å²) in [5.41, 5.74) is 3.03. The van der Waals surface area contributed by atoms with Crippen molar-refractivity contribution in [3.05, 3.63) is 29.1 Å². The molecule has 60 valence electrons. The Morgan fingerprint density at radius 1 is 1.45 bits per heavy atom. The van der Waals surface area contributed by atoms with Crippen LogP contribution in [0, 0.1) is 13.8 Å². The highest BCUT2D eigenvalue weighted by Gasteiger charge is 2.01. The van der Waals surface area contributed by atoms with Crippen LogP contribution in [0.2, 0.25) is 0 Å². The highest BCUT2D eigenvalue weighted by atomic mass is 16.3. The lowest BCUT2D eigenvalue weighted by atomic mass is 10.1. The lowest BCUT2D eigenvalue weighted by molar-refractivity contribution is 0.199. The third-order valence-corrected chi connectivity index (χ3v) is 1.84. The highest BCUT2D eigenvalue weighted by Crippen LogP contribution is 2.13. The fourth-order valence-corrected chi connectivity index (χ4v) is 0.893. The molecule has 0 aliphatic carbocycles. The van der Waals surface area contributed by atoms with E-state index in [1.165, 1.54) is 0 Å². The van der Waals surface area contributed by atoms with Crippen LogP contribution < -0.4 is 0 Å². The second-order valence-electron chi connectivity index (χ2n) is 2.85. The van der Waals surface area contributed by atoms with Gasteiger partial charge >= 0.3 is 0 Å². The third kappa shape index (κ3) is 1.77. The Morgan fingerprint density at radius 2 is 2.09 bits per heavy atom. The summed E-state index contributed by atoms with van der Waals surface area (Å²) in [6, 6.07) is 1.97. The van der Waals surface area contributed by atoms with Gasteiger partial charge in [-0.15, -0.1) is 0 Å². The maximum absolute atomic E-state index is 9.20. The first-order chi connectivity index (χ1) is 5.11. The van der Waals surface area contributed by atoms with E-state index in [-0.39, 0.29) is 0 Å². The topological polar surface area (TPSA) is 33.1 Å². The van der Waals surface area contributed by atoms with Gasteiger partial charge in [0.25, 0.3) is 0 Å². The zero-order valence-electron chi connectivity index (χ0n) is 7.13. The molecule has 0 aliphatic heterocycles. The van der Waals surface area contributed by atoms with Crippen molar-refractivity contribution in [3.8, 4) is 0 Å². The van der Waals surface area contributed by atoms with Crippen molar-refractivity contribution in [2.75, 3.05) is 0 Å². The molecule has 0 spiro atoms. The summed E-state index contributed by atoms with van der Waals surface area (Å²) in [5, 5.41) is 9.20. The number of aryl methyl sites for hydroxylation is 2. The van der Waals surface area contributed by atoms with Gasteiger partial charge in [-0.25, -0.2) is 0 Å². The minimum Gasteiger partial charge on any atom is -0.389 e. The SMILES string of the molecule is Cc1cc(C(C)O)cnc1C. The van der Waals surface area contributed by atoms with Crippen molar-refractivity contribution >= 4 is 0 Å². The predicted octanol–water partition coefficient (Wildman–Crippen LogP) is 1.75. The van der Waals surface area contributed by atoms with E-state index in [1.807, 2.05) is 19.9 Å². The zero-order valence-corrected chi connectivity index (χ0v) is 7.13. The maximum atomic E-state index is 9.20. The normalized spacial score (nSPS) is 13.1. The summed E-state index contributed by atoms with van der Waals surface area (Å²) in [6.45, 7) is 5.70. The first-order valence-electron chi connectivity index (χ1n) is 3.72. The second-order valence-corrected chi connectivity index (χ2v) is 2.85. The van der Waals surface area contributed by atoms with Gasteiger partial charge in [-0.1, -0.05) is 6.07 Å². The van der Waals surface area contributed by atoms with Crippen LogP contribution in [-0.4, -0.2) is 10.1 Å². The molecule has 1 heterocycles. The number of aliphatic hydroxyl groups excluding tert-OH is 1. The summed E-state index contributed by atoms with van der Waals surface area (Å²) >= 11 is 0. The van der Waals surface area contributed by atoms with E-state index in [2.05, 4.69) is 4.98 Å². The van der Waals surface area contributed by atoms with E-state index >= 15 is 0 Å². The van der Waals surface area contributed by atoms with Crippen LogP contribution in [0.25, 0.3) is 0 Å². The summed E-state index contributed by atoms with van der Waals surface area (Å²) in [4.78, 5) is 4.14. The van der Waals surface area contributed by atoms with Crippen molar-refractivity contribution in [2.24, 2.45) is 0 Å². The Morgan fingerprint density at radius 3 is 2.55 bits per heavy atom. The van der Waals surface area contributed by atoms with E-state index in [0.29, 0.717) is 0 Å². The fourth-order valence-electron chi connectivity index (χ4n) is 0.893. The fraction of sp³-hybridized carbons (Fsp3) is 0.444. The van der Waals surface area contributed by atoms with Crippen LogP contribution in [0.3, 0.4) is 0 Å². The number of pyridine rings is 1. The summed E-state index contributed by atoms with van der Waals surface area (Å²) in [5.74, 6) is 0. The van der Waals surface area contributed by atoms with Crippen molar-refractivity contribution < 1.29 is 5.11 Å². The van der Waals surface area contributed by atoms with Gasteiger partial charge in [0.05, 0.1) is 6.10 Å². The molecule has 0 aliphatic rings. The van der Waals surface area contributed by atoms with Crippen molar-refractivity contribution in [1.29, 1.82) is 0 Å². The molecular formula is C9H13NO. The Hall–Kier alpha value is -0.890. The molecule has 0 bridgehead atoms. The molecule has 0 fully saturated rings. The van der Waals surface area contributed by atoms with E-state index < -0.39 is 6.10 Å². The van der Waals surface area contributed by atoms with Crippen LogP contribution in [-0.2, 0) is 0 Å². The number of aliphatic hydroxyl groups is 1. The molecule has 11 heavy (non-hydrogen) atoms. The molecule has 1 N–H and O–H groups in total. The molecule has 1 rings (SSSR count). The molecule has 0 saturated heterocycles. The summed E-state index contributed by atoms with van der Waals surface area (Å²) in [6.07, 6.45) is 1.30. The minimum absolute atomic E-state index is 0.415. The first-order valence-corrected chi connectivity index (χ1v) is 3.72. The zero-order chi connectivity index (χ0) is 8.43. The van der Waals surface area contributed by atoms with Crippen LogP contribution in [0.4, 0.5) is 0 Å². The van der Waals surface area contributed by atoms with Crippen molar-refractivity contribution in [1.82, 2.24) is 4.98 Å². The van der Waals surface area contributed by atoms with Gasteiger partial charge in [-0.3, -0.25) is 4.98 Å². The number of aromatic nitrogens is 1. The quantitative estimate of drug-likeness (QED) is 0.663. The van der Waals surface area contributed by atoms with Crippen molar-refractivity contribution in [2.45, 2.75) is 26.9 Å². The molecule has 0 radical (unpaired) electrons. The Balaban J connectivity index is 3.05. The van der Waals surface area contributed by atoms with Gasteiger partial charge in [0.2, 0.25) is 0 Å². The van der Waals surface area contributed by atoms with E-state index in [9.17, 15) is 5.11 Å². The summed E-state index contributed by atoms with van der Waals surface area (Å²) < 4.78 is 0. The Bertz CT molecular complexity index is 256. The molecule has 0 saturated carbocycles. The minimum atomic E-state index is -0.415. The highest BCUT2D eigenvalue weighted by molar-refractivity contribution is 5.23. The van der Waals surface area contributed by atoms with E-state index in [1.54, 1.807) is 13.1 Å². The van der Waals surface area contributed by atoms with Crippen LogP contribution >= 0.6 is 0 Å². The number of hydrogen-bond acceptors (Lipinski definition) is 2. The van der Waals surface area contributed by atoms with Crippen LogP contribution in [0.1, 0.15) is 29.8 Å². The molecule has 1 aromatic rings. The third-order valence-electron chi connectivity index (χ3n) is 1.84. The smallest absolute Gasteiger partial charge is 0.0776 e. The number of rotatable bonds is 1. The van der Waals surface area contributed by atoms with Crippen molar-refractivity contribution in [3.63, 3.8) is 0 Å². The van der Waals surface area contributed by atoms with Gasteiger partial charge in [-0.05, 0) is 31.9 Å². The lowest BCUT2D eigenvalue weighted by Crippen LogP contribution is -1.95. The van der Waals surface area contributed by atoms with Gasteiger partial charge in [-0.2, -0.15) is 0 Å². The Kier molecular flexibility index (Phi) is 2.25. The molecule has 1 unspecified atom stereocenters. The number of nitrogens with zero attached hydrogens (tertiary/aromatic N) is 1. The molecule has 2 nitrogen and oxygen atoms in total. The van der Waals surface area contributed by atoms with Crippen LogP contribution in [0.5, 0.6) is 0 Å². The predicted molar refractivity (Wildman–Crippen MR) is 44.3 cm³/mol. The lowest BCUT2D eigenvalue weighted by Gasteiger charge is -2.05.